The van der Waals surface area contributed by atoms with Crippen molar-refractivity contribution in [2.24, 2.45) is 0 Å². The second-order valence-corrected chi connectivity index (χ2v) is 9.19. The SMILES string of the molecule is C[C@H]1C(=O)N(Cc2ccccc2)[C@@H](Cc2ccc3ccccc3c2)c2nc3ccccc3c(=O)n21. The van der Waals surface area contributed by atoms with Gasteiger partial charge in [-0.15, -0.1) is 0 Å². The van der Waals surface area contributed by atoms with Crippen LogP contribution in [0.5, 0.6) is 0 Å². The Balaban J connectivity index is 1.52. The van der Waals surface area contributed by atoms with Gasteiger partial charge in [-0.25, -0.2) is 4.98 Å². The summed E-state index contributed by atoms with van der Waals surface area (Å²) in [4.78, 5) is 34.1. The molecule has 0 aliphatic carbocycles. The van der Waals surface area contributed by atoms with E-state index in [4.69, 9.17) is 4.98 Å². The number of benzene rings is 4. The van der Waals surface area contributed by atoms with Gasteiger partial charge in [0, 0.05) is 13.0 Å². The molecule has 0 fully saturated rings. The van der Waals surface area contributed by atoms with Gasteiger partial charge in [-0.1, -0.05) is 84.9 Å². The van der Waals surface area contributed by atoms with E-state index >= 15 is 0 Å². The van der Waals surface area contributed by atoms with Crippen LogP contribution in [0.1, 0.15) is 36.0 Å². The predicted octanol–water partition coefficient (Wildman–Crippen LogP) is 5.44. The lowest BCUT2D eigenvalue weighted by Gasteiger charge is -2.40. The normalized spacial score (nSPS) is 17.6. The van der Waals surface area contributed by atoms with Crippen molar-refractivity contribution in [2.75, 3.05) is 0 Å². The maximum atomic E-state index is 13.7. The minimum Gasteiger partial charge on any atom is -0.326 e. The number of hydrogen-bond donors (Lipinski definition) is 0. The number of carbonyl (C=O) groups is 1. The molecule has 6 rings (SSSR count). The Kier molecular flexibility index (Phi) is 5.18. The van der Waals surface area contributed by atoms with Crippen molar-refractivity contribution in [1.29, 1.82) is 0 Å². The summed E-state index contributed by atoms with van der Waals surface area (Å²) >= 11 is 0. The third-order valence-corrected chi connectivity index (χ3v) is 6.98. The highest BCUT2D eigenvalue weighted by Crippen LogP contribution is 2.34. The Labute approximate surface area is 203 Å². The maximum Gasteiger partial charge on any atom is 0.262 e. The molecule has 0 saturated heterocycles. The number of carbonyl (C=O) groups excluding carboxylic acids is 1. The highest BCUT2D eigenvalue weighted by atomic mass is 16.2. The first-order valence-electron chi connectivity index (χ1n) is 11.9. The molecule has 0 bridgehead atoms. The third-order valence-electron chi connectivity index (χ3n) is 6.98. The third kappa shape index (κ3) is 3.69. The fourth-order valence-corrected chi connectivity index (χ4v) is 5.17. The van der Waals surface area contributed by atoms with Gasteiger partial charge in [0.05, 0.1) is 16.9 Å². The highest BCUT2D eigenvalue weighted by molar-refractivity contribution is 5.85. The zero-order valence-corrected chi connectivity index (χ0v) is 19.5. The largest absolute Gasteiger partial charge is 0.326 e. The second kappa shape index (κ2) is 8.51. The van der Waals surface area contributed by atoms with Gasteiger partial charge in [0.2, 0.25) is 5.91 Å². The summed E-state index contributed by atoms with van der Waals surface area (Å²) in [6.45, 7) is 2.26. The standard InChI is InChI=1S/C30H25N3O2/c1-20-29(34)32(19-21-9-3-2-4-10-21)27(18-22-15-16-23-11-5-6-12-24(23)17-22)28-31-26-14-8-7-13-25(26)30(35)33(20)28/h2-17,20,27H,18-19H2,1H3/t20-,27-/m0/s1. The number of para-hydroxylation sites is 1. The van der Waals surface area contributed by atoms with Gasteiger partial charge in [-0.05, 0) is 41.0 Å². The van der Waals surface area contributed by atoms with E-state index in [2.05, 4.69) is 30.3 Å². The van der Waals surface area contributed by atoms with Gasteiger partial charge >= 0.3 is 0 Å². The lowest BCUT2D eigenvalue weighted by atomic mass is 9.96. The van der Waals surface area contributed by atoms with Crippen molar-refractivity contribution in [3.8, 4) is 0 Å². The first kappa shape index (κ1) is 21.3. The van der Waals surface area contributed by atoms with Crippen LogP contribution in [0.25, 0.3) is 21.7 Å². The summed E-state index contributed by atoms with van der Waals surface area (Å²) < 4.78 is 1.61. The second-order valence-electron chi connectivity index (χ2n) is 9.19. The summed E-state index contributed by atoms with van der Waals surface area (Å²) in [5, 5.41) is 2.86. The monoisotopic (exact) mass is 459 g/mol. The number of hydrogen-bond acceptors (Lipinski definition) is 3. The minimum absolute atomic E-state index is 0.0636. The van der Waals surface area contributed by atoms with Crippen LogP contribution < -0.4 is 5.56 Å². The summed E-state index contributed by atoms with van der Waals surface area (Å²) in [5.74, 6) is 0.580. The summed E-state index contributed by atoms with van der Waals surface area (Å²) in [6.07, 6.45) is 0.570. The molecule has 1 aliphatic heterocycles. The van der Waals surface area contributed by atoms with Gasteiger partial charge in [-0.2, -0.15) is 0 Å². The summed E-state index contributed by atoms with van der Waals surface area (Å²) in [7, 11) is 0. The smallest absolute Gasteiger partial charge is 0.262 e. The van der Waals surface area contributed by atoms with Gasteiger partial charge in [0.25, 0.3) is 5.56 Å². The summed E-state index contributed by atoms with van der Waals surface area (Å²) in [6, 6.07) is 31.0. The lowest BCUT2D eigenvalue weighted by molar-refractivity contribution is -0.140. The van der Waals surface area contributed by atoms with Gasteiger partial charge in [-0.3, -0.25) is 14.2 Å². The Bertz CT molecular complexity index is 1620. The van der Waals surface area contributed by atoms with Crippen LogP contribution in [-0.2, 0) is 17.8 Å². The van der Waals surface area contributed by atoms with Crippen LogP contribution in [0.2, 0.25) is 0 Å². The van der Waals surface area contributed by atoms with E-state index in [-0.39, 0.29) is 17.5 Å². The van der Waals surface area contributed by atoms with E-state index in [9.17, 15) is 9.59 Å². The Morgan fingerprint density at radius 3 is 2.31 bits per heavy atom. The van der Waals surface area contributed by atoms with Gasteiger partial charge < -0.3 is 4.90 Å². The molecular formula is C30H25N3O2. The molecule has 4 aromatic carbocycles. The van der Waals surface area contributed by atoms with E-state index in [1.54, 1.807) is 17.6 Å². The molecular weight excluding hydrogens is 434 g/mol. The molecule has 172 valence electrons. The molecule has 1 aromatic heterocycles. The molecule has 35 heavy (non-hydrogen) atoms. The van der Waals surface area contributed by atoms with Crippen LogP contribution in [0.4, 0.5) is 0 Å². The van der Waals surface area contributed by atoms with E-state index in [0.29, 0.717) is 29.7 Å². The van der Waals surface area contributed by atoms with Crippen LogP contribution in [0.15, 0.2) is 102 Å². The average Bonchev–Trinajstić information content (AvgIpc) is 2.89. The van der Waals surface area contributed by atoms with E-state index < -0.39 is 6.04 Å². The average molecular weight is 460 g/mol. The highest BCUT2D eigenvalue weighted by Gasteiger charge is 2.39. The number of rotatable bonds is 4. The van der Waals surface area contributed by atoms with Crippen molar-refractivity contribution in [2.45, 2.75) is 32.0 Å². The molecule has 5 aromatic rings. The van der Waals surface area contributed by atoms with Crippen LogP contribution in [-0.4, -0.2) is 20.4 Å². The number of amides is 1. The van der Waals surface area contributed by atoms with Crippen molar-refractivity contribution < 1.29 is 4.79 Å². The van der Waals surface area contributed by atoms with E-state index in [1.165, 1.54) is 5.39 Å². The summed E-state index contributed by atoms with van der Waals surface area (Å²) in [5.41, 5.74) is 2.65. The first-order chi connectivity index (χ1) is 17.1. The van der Waals surface area contributed by atoms with Crippen LogP contribution >= 0.6 is 0 Å². The zero-order chi connectivity index (χ0) is 23.9. The molecule has 1 aliphatic rings. The van der Waals surface area contributed by atoms with Crippen molar-refractivity contribution in [3.05, 3.63) is 124 Å². The molecule has 0 unspecified atom stereocenters. The lowest BCUT2D eigenvalue weighted by Crippen LogP contribution is -2.49. The van der Waals surface area contributed by atoms with Crippen molar-refractivity contribution in [3.63, 3.8) is 0 Å². The van der Waals surface area contributed by atoms with Gasteiger partial charge in [0.1, 0.15) is 11.9 Å². The fraction of sp³-hybridized carbons (Fsp3) is 0.167. The molecule has 2 atom stereocenters. The number of aromatic nitrogens is 2. The number of nitrogens with zero attached hydrogens (tertiary/aromatic N) is 3. The maximum absolute atomic E-state index is 13.7. The molecule has 0 N–H and O–H groups in total. The quantitative estimate of drug-likeness (QED) is 0.360. The molecule has 0 spiro atoms. The zero-order valence-electron chi connectivity index (χ0n) is 19.5. The molecule has 2 heterocycles. The fourth-order valence-electron chi connectivity index (χ4n) is 5.17. The van der Waals surface area contributed by atoms with E-state index in [0.717, 1.165) is 16.5 Å². The van der Waals surface area contributed by atoms with Crippen LogP contribution in [0, 0.1) is 0 Å². The molecule has 1 amide bonds. The molecule has 5 nitrogen and oxygen atoms in total. The van der Waals surface area contributed by atoms with E-state index in [1.807, 2.05) is 65.6 Å². The minimum atomic E-state index is -0.619. The number of fused-ring (bicyclic) bond motifs is 3. The Morgan fingerprint density at radius 1 is 0.771 bits per heavy atom. The Hall–Kier alpha value is -4.25. The molecule has 5 heteroatoms. The van der Waals surface area contributed by atoms with Crippen LogP contribution in [0.3, 0.4) is 0 Å². The Morgan fingerprint density at radius 2 is 1.49 bits per heavy atom. The van der Waals surface area contributed by atoms with Gasteiger partial charge in [0.15, 0.2) is 0 Å². The molecule has 0 radical (unpaired) electrons. The topological polar surface area (TPSA) is 55.2 Å². The molecule has 0 saturated carbocycles. The van der Waals surface area contributed by atoms with Crippen molar-refractivity contribution in [1.82, 2.24) is 14.5 Å². The first-order valence-corrected chi connectivity index (χ1v) is 11.9. The van der Waals surface area contributed by atoms with Crippen molar-refractivity contribution >= 4 is 27.6 Å². The predicted molar refractivity (Wildman–Crippen MR) is 138 cm³/mol.